The summed E-state index contributed by atoms with van der Waals surface area (Å²) in [4.78, 5) is 34.8. The summed E-state index contributed by atoms with van der Waals surface area (Å²) in [5, 5.41) is 13.6. The fourth-order valence-corrected chi connectivity index (χ4v) is 2.40. The summed E-state index contributed by atoms with van der Waals surface area (Å²) in [5.41, 5.74) is 0.926. The normalized spacial score (nSPS) is 11.4. The van der Waals surface area contributed by atoms with E-state index in [2.05, 4.69) is 5.32 Å². The minimum absolute atomic E-state index is 0.0546. The molecule has 0 fully saturated rings. The minimum Gasteiger partial charge on any atom is -0.497 e. The Balaban J connectivity index is 1.96. The second-order valence-corrected chi connectivity index (χ2v) is 5.82. The number of benzene rings is 2. The van der Waals surface area contributed by atoms with Gasteiger partial charge in [0.2, 0.25) is 0 Å². The van der Waals surface area contributed by atoms with Gasteiger partial charge in [-0.15, -0.1) is 0 Å². The van der Waals surface area contributed by atoms with Gasteiger partial charge >= 0.3 is 5.97 Å². The van der Waals surface area contributed by atoms with Crippen LogP contribution in [-0.2, 0) is 16.1 Å². The lowest BCUT2D eigenvalue weighted by molar-refractivity contribution is -0.385. The Morgan fingerprint density at radius 2 is 1.85 bits per heavy atom. The first kappa shape index (κ1) is 19.9. The molecule has 8 nitrogen and oxygen atoms in total. The third-order valence-electron chi connectivity index (χ3n) is 4.00. The lowest BCUT2D eigenvalue weighted by Gasteiger charge is -2.14. The van der Waals surface area contributed by atoms with Gasteiger partial charge < -0.3 is 14.8 Å². The third-order valence-corrected chi connectivity index (χ3v) is 4.00. The van der Waals surface area contributed by atoms with E-state index in [9.17, 15) is 19.7 Å². The van der Waals surface area contributed by atoms with E-state index in [0.29, 0.717) is 5.75 Å². The van der Waals surface area contributed by atoms with E-state index in [-0.39, 0.29) is 23.4 Å². The number of nitro benzene ring substituents is 1. The number of ether oxygens (including phenoxy) is 2. The van der Waals surface area contributed by atoms with Gasteiger partial charge in [-0.2, -0.15) is 0 Å². The summed E-state index contributed by atoms with van der Waals surface area (Å²) in [5.74, 6) is -0.551. The van der Waals surface area contributed by atoms with E-state index in [1.165, 1.54) is 32.0 Å². The average molecular weight is 372 g/mol. The van der Waals surface area contributed by atoms with Gasteiger partial charge in [-0.3, -0.25) is 14.9 Å². The molecule has 8 heteroatoms. The maximum atomic E-state index is 12.3. The first-order valence-corrected chi connectivity index (χ1v) is 8.19. The Morgan fingerprint density at radius 1 is 1.19 bits per heavy atom. The Hall–Kier alpha value is -3.42. The van der Waals surface area contributed by atoms with Crippen LogP contribution >= 0.6 is 0 Å². The van der Waals surface area contributed by atoms with Crippen LogP contribution in [0.15, 0.2) is 42.5 Å². The molecular formula is C19H20N2O6. The Morgan fingerprint density at radius 3 is 2.44 bits per heavy atom. The van der Waals surface area contributed by atoms with Gasteiger partial charge in [0.15, 0.2) is 6.10 Å². The fourth-order valence-electron chi connectivity index (χ4n) is 2.40. The van der Waals surface area contributed by atoms with Crippen LogP contribution in [0.4, 0.5) is 5.69 Å². The molecule has 0 bridgehead atoms. The smallest absolute Gasteiger partial charge is 0.339 e. The van der Waals surface area contributed by atoms with Crippen molar-refractivity contribution in [1.82, 2.24) is 5.32 Å². The molecule has 0 aliphatic rings. The zero-order valence-corrected chi connectivity index (χ0v) is 15.2. The Labute approximate surface area is 156 Å². The van der Waals surface area contributed by atoms with Crippen molar-refractivity contribution in [3.8, 4) is 5.75 Å². The number of rotatable bonds is 7. The quantitative estimate of drug-likeness (QED) is 0.455. The average Bonchev–Trinajstić information content (AvgIpc) is 2.66. The molecule has 0 spiro atoms. The summed E-state index contributed by atoms with van der Waals surface area (Å²) in [6.45, 7) is 3.16. The van der Waals surface area contributed by atoms with E-state index < -0.39 is 22.9 Å². The van der Waals surface area contributed by atoms with Crippen molar-refractivity contribution in [3.05, 3.63) is 69.3 Å². The molecule has 0 aliphatic carbocycles. The lowest BCUT2D eigenvalue weighted by Crippen LogP contribution is -2.35. The van der Waals surface area contributed by atoms with Crippen LogP contribution in [0.25, 0.3) is 0 Å². The molecule has 1 N–H and O–H groups in total. The molecule has 142 valence electrons. The predicted octanol–water partition coefficient (Wildman–Crippen LogP) is 2.77. The molecule has 2 aromatic rings. The maximum Gasteiger partial charge on any atom is 0.339 e. The van der Waals surface area contributed by atoms with Gasteiger partial charge in [0, 0.05) is 18.2 Å². The van der Waals surface area contributed by atoms with E-state index in [1.54, 1.807) is 19.2 Å². The Kier molecular flexibility index (Phi) is 6.48. The number of carbonyl (C=O) groups is 2. The number of methoxy groups -OCH3 is 1. The van der Waals surface area contributed by atoms with Gasteiger partial charge in [0.25, 0.3) is 11.6 Å². The molecule has 0 saturated heterocycles. The number of esters is 1. The SMILES string of the molecule is COc1ccc(CNC(=O)[C@@H](C)OC(=O)c2cccc([N+](=O)[O-])c2C)cc1. The number of hydrogen-bond donors (Lipinski definition) is 1. The summed E-state index contributed by atoms with van der Waals surface area (Å²) in [6, 6.07) is 11.3. The standard InChI is InChI=1S/C19H20N2O6/c1-12-16(5-4-6-17(12)21(24)25)19(23)27-13(2)18(22)20-11-14-7-9-15(26-3)10-8-14/h4-10,13H,11H2,1-3H3,(H,20,22)/t13-/m1/s1. The highest BCUT2D eigenvalue weighted by Crippen LogP contribution is 2.22. The van der Waals surface area contributed by atoms with E-state index in [4.69, 9.17) is 9.47 Å². The highest BCUT2D eigenvalue weighted by atomic mass is 16.6. The third kappa shape index (κ3) is 5.04. The molecule has 0 saturated carbocycles. The number of carbonyl (C=O) groups excluding carboxylic acids is 2. The molecule has 27 heavy (non-hydrogen) atoms. The molecule has 0 radical (unpaired) electrons. The van der Waals surface area contributed by atoms with E-state index >= 15 is 0 Å². The van der Waals surface area contributed by atoms with E-state index in [1.807, 2.05) is 12.1 Å². The monoisotopic (exact) mass is 372 g/mol. The maximum absolute atomic E-state index is 12.3. The number of amides is 1. The molecule has 1 atom stereocenters. The van der Waals surface area contributed by atoms with Gasteiger partial charge in [0.05, 0.1) is 17.6 Å². The number of hydrogen-bond acceptors (Lipinski definition) is 6. The van der Waals surface area contributed by atoms with Gasteiger partial charge in [-0.05, 0) is 37.6 Å². The van der Waals surface area contributed by atoms with Crippen LogP contribution in [0.5, 0.6) is 5.75 Å². The molecule has 1 amide bonds. The molecule has 0 unspecified atom stereocenters. The zero-order valence-electron chi connectivity index (χ0n) is 15.2. The summed E-state index contributed by atoms with van der Waals surface area (Å²) < 4.78 is 10.2. The van der Waals surface area contributed by atoms with Crippen molar-refractivity contribution in [3.63, 3.8) is 0 Å². The topological polar surface area (TPSA) is 108 Å². The van der Waals surface area contributed by atoms with Crippen LogP contribution in [0.2, 0.25) is 0 Å². The largest absolute Gasteiger partial charge is 0.497 e. The van der Waals surface area contributed by atoms with Crippen molar-refractivity contribution in [2.45, 2.75) is 26.5 Å². The minimum atomic E-state index is -1.05. The van der Waals surface area contributed by atoms with Crippen molar-refractivity contribution in [1.29, 1.82) is 0 Å². The molecule has 0 heterocycles. The molecular weight excluding hydrogens is 352 g/mol. The van der Waals surface area contributed by atoms with Crippen LogP contribution in [0, 0.1) is 17.0 Å². The highest BCUT2D eigenvalue weighted by molar-refractivity contribution is 5.94. The number of nitrogens with one attached hydrogen (secondary N) is 1. The van der Waals surface area contributed by atoms with Crippen LogP contribution < -0.4 is 10.1 Å². The molecule has 2 rings (SSSR count). The summed E-state index contributed by atoms with van der Waals surface area (Å²) >= 11 is 0. The molecule has 0 aromatic heterocycles. The summed E-state index contributed by atoms with van der Waals surface area (Å²) in [6.07, 6.45) is -1.05. The second-order valence-electron chi connectivity index (χ2n) is 5.82. The van der Waals surface area contributed by atoms with Crippen LogP contribution in [0.1, 0.15) is 28.4 Å². The van der Waals surface area contributed by atoms with Crippen molar-refractivity contribution < 1.29 is 24.0 Å². The van der Waals surface area contributed by atoms with Crippen molar-refractivity contribution in [2.24, 2.45) is 0 Å². The number of nitro groups is 1. The van der Waals surface area contributed by atoms with Gasteiger partial charge in [-0.25, -0.2) is 4.79 Å². The highest BCUT2D eigenvalue weighted by Gasteiger charge is 2.23. The first-order chi connectivity index (χ1) is 12.8. The zero-order chi connectivity index (χ0) is 20.0. The van der Waals surface area contributed by atoms with Crippen LogP contribution in [0.3, 0.4) is 0 Å². The number of nitrogens with zero attached hydrogens (tertiary/aromatic N) is 1. The molecule has 2 aromatic carbocycles. The first-order valence-electron chi connectivity index (χ1n) is 8.19. The van der Waals surface area contributed by atoms with Gasteiger partial charge in [-0.1, -0.05) is 18.2 Å². The van der Waals surface area contributed by atoms with E-state index in [0.717, 1.165) is 5.56 Å². The van der Waals surface area contributed by atoms with Crippen molar-refractivity contribution in [2.75, 3.05) is 7.11 Å². The van der Waals surface area contributed by atoms with Crippen molar-refractivity contribution >= 4 is 17.6 Å². The molecule has 0 aliphatic heterocycles. The predicted molar refractivity (Wildman–Crippen MR) is 97.6 cm³/mol. The fraction of sp³-hybridized carbons (Fsp3) is 0.263. The summed E-state index contributed by atoms with van der Waals surface area (Å²) in [7, 11) is 1.57. The lowest BCUT2D eigenvalue weighted by atomic mass is 10.1. The Bertz CT molecular complexity index is 848. The second kappa shape index (κ2) is 8.79. The van der Waals surface area contributed by atoms with Gasteiger partial charge in [0.1, 0.15) is 5.75 Å². The van der Waals surface area contributed by atoms with Crippen LogP contribution in [-0.4, -0.2) is 30.0 Å².